The zero-order chi connectivity index (χ0) is 15.7. The minimum absolute atomic E-state index is 0.552. The van der Waals surface area contributed by atoms with Crippen molar-refractivity contribution in [3.05, 3.63) is 65.0 Å². The summed E-state index contributed by atoms with van der Waals surface area (Å²) in [5, 5.41) is 11.4. The highest BCUT2D eigenvalue weighted by molar-refractivity contribution is 8.23. The molecule has 1 aromatic heterocycles. The molecule has 1 aliphatic heterocycles. The van der Waals surface area contributed by atoms with Crippen LogP contribution in [0.2, 0.25) is 0 Å². The van der Waals surface area contributed by atoms with Crippen LogP contribution in [0.3, 0.4) is 0 Å². The largest absolute Gasteiger partial charge is 0.366 e. The van der Waals surface area contributed by atoms with Gasteiger partial charge in [0, 0.05) is 24.5 Å². The molecule has 3 nitrogen and oxygen atoms in total. The number of nitrogens with zero attached hydrogens (tertiary/aromatic N) is 2. The van der Waals surface area contributed by atoms with E-state index in [1.54, 1.807) is 6.20 Å². The molecule has 2 aromatic rings. The summed E-state index contributed by atoms with van der Waals surface area (Å²) in [4.78, 5) is 6.05. The fourth-order valence-corrected chi connectivity index (χ4v) is 4.13. The molecule has 0 radical (unpaired) electrons. The quantitative estimate of drug-likeness (QED) is 0.873. The second-order valence-corrected chi connectivity index (χ2v) is 7.25. The second-order valence-electron chi connectivity index (χ2n) is 5.64. The van der Waals surface area contributed by atoms with Gasteiger partial charge in [-0.2, -0.15) is 0 Å². The van der Waals surface area contributed by atoms with Gasteiger partial charge in [0.15, 0.2) is 5.72 Å². The predicted molar refractivity (Wildman–Crippen MR) is 94.6 cm³/mol. The third kappa shape index (κ3) is 2.76. The first kappa shape index (κ1) is 15.5. The van der Waals surface area contributed by atoms with Gasteiger partial charge >= 0.3 is 0 Å². The average molecular weight is 330 g/mol. The third-order valence-electron chi connectivity index (χ3n) is 3.95. The molecular weight excluding hydrogens is 312 g/mol. The van der Waals surface area contributed by atoms with Crippen LogP contribution in [0.5, 0.6) is 0 Å². The van der Waals surface area contributed by atoms with E-state index in [1.165, 1.54) is 11.8 Å². The van der Waals surface area contributed by atoms with Crippen molar-refractivity contribution in [2.75, 3.05) is 5.75 Å². The summed E-state index contributed by atoms with van der Waals surface area (Å²) in [7, 11) is 0. The van der Waals surface area contributed by atoms with E-state index in [2.05, 4.69) is 23.2 Å². The van der Waals surface area contributed by atoms with Crippen molar-refractivity contribution < 1.29 is 5.11 Å². The van der Waals surface area contributed by atoms with Gasteiger partial charge in [0.25, 0.3) is 0 Å². The van der Waals surface area contributed by atoms with E-state index in [1.807, 2.05) is 37.1 Å². The lowest BCUT2D eigenvalue weighted by Gasteiger charge is -2.35. The SMILES string of the molecule is Cc1ccc(C)c(C2(O)CSC(=S)N2Cc2cccnc2)c1. The van der Waals surface area contributed by atoms with Crippen LogP contribution >= 0.6 is 24.0 Å². The molecule has 1 saturated heterocycles. The average Bonchev–Trinajstić information content (AvgIpc) is 2.80. The standard InChI is InChI=1S/C17H18N2OS2/c1-12-5-6-13(2)15(8-12)17(20)11-22-16(21)19(17)10-14-4-3-7-18-9-14/h3-9,20H,10-11H2,1-2H3. The summed E-state index contributed by atoms with van der Waals surface area (Å²) in [6, 6.07) is 10.1. The van der Waals surface area contributed by atoms with Gasteiger partial charge in [0.1, 0.15) is 4.32 Å². The first-order valence-corrected chi connectivity index (χ1v) is 8.53. The fourth-order valence-electron chi connectivity index (χ4n) is 2.73. The number of aliphatic hydroxyl groups is 1. The topological polar surface area (TPSA) is 36.4 Å². The normalized spacial score (nSPS) is 21.4. The van der Waals surface area contributed by atoms with Gasteiger partial charge < -0.3 is 10.0 Å². The van der Waals surface area contributed by atoms with Gasteiger partial charge in [-0.15, -0.1) is 0 Å². The maximum atomic E-state index is 11.4. The molecule has 3 rings (SSSR count). The maximum absolute atomic E-state index is 11.4. The summed E-state index contributed by atoms with van der Waals surface area (Å²) in [6.45, 7) is 4.63. The third-order valence-corrected chi connectivity index (χ3v) is 5.54. The highest BCUT2D eigenvalue weighted by atomic mass is 32.2. The van der Waals surface area contributed by atoms with Gasteiger partial charge in [-0.3, -0.25) is 4.98 Å². The first-order chi connectivity index (χ1) is 10.5. The summed E-state index contributed by atoms with van der Waals surface area (Å²) in [5.74, 6) is 0.552. The van der Waals surface area contributed by atoms with Crippen LogP contribution in [0.4, 0.5) is 0 Å². The van der Waals surface area contributed by atoms with Crippen LogP contribution in [0.15, 0.2) is 42.7 Å². The smallest absolute Gasteiger partial charge is 0.175 e. The molecule has 1 atom stereocenters. The summed E-state index contributed by atoms with van der Waals surface area (Å²) in [5.41, 5.74) is 3.13. The van der Waals surface area contributed by atoms with E-state index in [0.29, 0.717) is 12.3 Å². The minimum Gasteiger partial charge on any atom is -0.366 e. The van der Waals surface area contributed by atoms with E-state index in [0.717, 1.165) is 26.6 Å². The number of aryl methyl sites for hydroxylation is 2. The number of hydrogen-bond acceptors (Lipinski definition) is 4. The molecule has 1 aromatic carbocycles. The molecule has 114 valence electrons. The first-order valence-electron chi connectivity index (χ1n) is 7.14. The number of rotatable bonds is 3. The Labute approximate surface area is 140 Å². The number of pyridine rings is 1. The van der Waals surface area contributed by atoms with Crippen molar-refractivity contribution in [2.45, 2.75) is 26.1 Å². The Morgan fingerprint density at radius 1 is 1.36 bits per heavy atom. The molecule has 0 aliphatic carbocycles. The highest BCUT2D eigenvalue weighted by Crippen LogP contribution is 2.41. The monoisotopic (exact) mass is 330 g/mol. The molecule has 0 saturated carbocycles. The number of hydrogen-bond donors (Lipinski definition) is 1. The Balaban J connectivity index is 2.00. The Bertz CT molecular complexity index is 705. The molecule has 1 fully saturated rings. The number of thiocarbonyl (C=S) groups is 1. The Hall–Kier alpha value is -1.43. The van der Waals surface area contributed by atoms with Crippen molar-refractivity contribution in [3.63, 3.8) is 0 Å². The fraction of sp³-hybridized carbons (Fsp3) is 0.294. The highest BCUT2D eigenvalue weighted by Gasteiger charge is 2.44. The van der Waals surface area contributed by atoms with Crippen LogP contribution in [0, 0.1) is 13.8 Å². The number of thioether (sulfide) groups is 1. The molecule has 1 unspecified atom stereocenters. The van der Waals surface area contributed by atoms with Gasteiger partial charge in [-0.1, -0.05) is 53.8 Å². The zero-order valence-electron chi connectivity index (χ0n) is 12.6. The van der Waals surface area contributed by atoms with Crippen molar-refractivity contribution in [1.82, 2.24) is 9.88 Å². The van der Waals surface area contributed by atoms with Crippen LogP contribution in [-0.2, 0) is 12.3 Å². The lowest BCUT2D eigenvalue weighted by atomic mass is 9.95. The Kier molecular flexibility index (Phi) is 4.21. The molecule has 5 heteroatoms. The van der Waals surface area contributed by atoms with Crippen molar-refractivity contribution >= 4 is 28.3 Å². The van der Waals surface area contributed by atoms with Gasteiger partial charge in [0.2, 0.25) is 0 Å². The van der Waals surface area contributed by atoms with E-state index >= 15 is 0 Å². The maximum Gasteiger partial charge on any atom is 0.175 e. The van der Waals surface area contributed by atoms with Gasteiger partial charge in [0.05, 0.1) is 5.75 Å². The Morgan fingerprint density at radius 3 is 2.91 bits per heavy atom. The number of benzene rings is 1. The second kappa shape index (κ2) is 5.99. The Morgan fingerprint density at radius 2 is 2.18 bits per heavy atom. The molecule has 22 heavy (non-hydrogen) atoms. The van der Waals surface area contributed by atoms with Crippen molar-refractivity contribution in [2.24, 2.45) is 0 Å². The van der Waals surface area contributed by atoms with E-state index < -0.39 is 5.72 Å². The van der Waals surface area contributed by atoms with Crippen LogP contribution in [0.1, 0.15) is 22.3 Å². The summed E-state index contributed by atoms with van der Waals surface area (Å²) in [6.07, 6.45) is 3.56. The molecule has 1 aliphatic rings. The summed E-state index contributed by atoms with van der Waals surface area (Å²) >= 11 is 7.00. The summed E-state index contributed by atoms with van der Waals surface area (Å²) < 4.78 is 0.729. The lowest BCUT2D eigenvalue weighted by Crippen LogP contribution is -2.44. The zero-order valence-corrected chi connectivity index (χ0v) is 14.2. The molecule has 2 heterocycles. The van der Waals surface area contributed by atoms with Crippen LogP contribution < -0.4 is 0 Å². The van der Waals surface area contributed by atoms with E-state index in [9.17, 15) is 5.11 Å². The van der Waals surface area contributed by atoms with E-state index in [4.69, 9.17) is 12.2 Å². The van der Waals surface area contributed by atoms with Crippen molar-refractivity contribution in [3.8, 4) is 0 Å². The molecular formula is C17H18N2OS2. The molecule has 0 amide bonds. The van der Waals surface area contributed by atoms with Gasteiger partial charge in [-0.25, -0.2) is 0 Å². The predicted octanol–water partition coefficient (Wildman–Crippen LogP) is 3.38. The van der Waals surface area contributed by atoms with Crippen molar-refractivity contribution in [1.29, 1.82) is 0 Å². The number of aromatic nitrogens is 1. The van der Waals surface area contributed by atoms with Gasteiger partial charge in [-0.05, 0) is 31.0 Å². The molecule has 0 spiro atoms. The lowest BCUT2D eigenvalue weighted by molar-refractivity contribution is -0.0514. The molecule has 1 N–H and O–H groups in total. The van der Waals surface area contributed by atoms with E-state index in [-0.39, 0.29) is 0 Å². The van der Waals surface area contributed by atoms with Crippen LogP contribution in [-0.4, -0.2) is 25.1 Å². The van der Waals surface area contributed by atoms with Crippen LogP contribution in [0.25, 0.3) is 0 Å². The molecule has 0 bridgehead atoms. The minimum atomic E-state index is -1.06.